The van der Waals surface area contributed by atoms with Gasteiger partial charge in [-0.3, -0.25) is 4.79 Å². The molecule has 0 aliphatic carbocycles. The molecule has 2 aromatic carbocycles. The minimum absolute atomic E-state index is 0.0962. The summed E-state index contributed by atoms with van der Waals surface area (Å²) in [5.41, 5.74) is 0.751. The van der Waals surface area contributed by atoms with E-state index in [1.54, 1.807) is 48.5 Å². The van der Waals surface area contributed by atoms with Crippen LogP contribution < -0.4 is 0 Å². The predicted molar refractivity (Wildman–Crippen MR) is 82.2 cm³/mol. The molecule has 6 nitrogen and oxygen atoms in total. The molecule has 0 saturated heterocycles. The van der Waals surface area contributed by atoms with Crippen molar-refractivity contribution < 1.29 is 24.6 Å². The van der Waals surface area contributed by atoms with Crippen LogP contribution in [0.4, 0.5) is 4.79 Å². The van der Waals surface area contributed by atoms with Crippen LogP contribution >= 0.6 is 0 Å². The zero-order valence-electron chi connectivity index (χ0n) is 12.1. The standard InChI is InChI=1S/C17H15NO5/c19-15(13-9-5-2-6-10-13)18(17(22)23)14(16(20)21)11-12-7-3-1-4-8-12/h1-10,14H,11H2,(H,20,21)(H,22,23)/t14-/m1/s1. The van der Waals surface area contributed by atoms with Crippen LogP contribution in [0.15, 0.2) is 60.7 Å². The third-order valence-corrected chi connectivity index (χ3v) is 3.31. The highest BCUT2D eigenvalue weighted by Crippen LogP contribution is 2.14. The number of rotatable bonds is 5. The van der Waals surface area contributed by atoms with Gasteiger partial charge in [0.2, 0.25) is 0 Å². The van der Waals surface area contributed by atoms with E-state index in [0.717, 1.165) is 0 Å². The number of aliphatic carboxylic acids is 1. The van der Waals surface area contributed by atoms with Crippen molar-refractivity contribution in [2.24, 2.45) is 0 Å². The molecule has 0 radical (unpaired) electrons. The lowest BCUT2D eigenvalue weighted by Gasteiger charge is -2.24. The summed E-state index contributed by atoms with van der Waals surface area (Å²) in [6, 6.07) is 14.8. The van der Waals surface area contributed by atoms with Gasteiger partial charge in [0.15, 0.2) is 0 Å². The number of amides is 2. The Bertz CT molecular complexity index is 699. The lowest BCUT2D eigenvalue weighted by molar-refractivity contribution is -0.141. The van der Waals surface area contributed by atoms with Gasteiger partial charge in [-0.2, -0.15) is 0 Å². The molecule has 0 unspecified atom stereocenters. The van der Waals surface area contributed by atoms with E-state index in [1.165, 1.54) is 12.1 Å². The van der Waals surface area contributed by atoms with Crippen molar-refractivity contribution in [2.45, 2.75) is 12.5 Å². The summed E-state index contributed by atoms with van der Waals surface area (Å²) in [5.74, 6) is -2.23. The fourth-order valence-corrected chi connectivity index (χ4v) is 2.21. The maximum atomic E-state index is 12.4. The average molecular weight is 313 g/mol. The highest BCUT2D eigenvalue weighted by Gasteiger charge is 2.35. The molecule has 0 aliphatic rings. The Kier molecular flexibility index (Phi) is 5.09. The number of carboxylic acid groups (broad SMARTS) is 2. The first-order valence-corrected chi connectivity index (χ1v) is 6.89. The molecule has 2 rings (SSSR count). The summed E-state index contributed by atoms with van der Waals surface area (Å²) in [7, 11) is 0. The molecule has 0 heterocycles. The Morgan fingerprint density at radius 3 is 1.87 bits per heavy atom. The Balaban J connectivity index is 2.34. The van der Waals surface area contributed by atoms with E-state index in [2.05, 4.69) is 0 Å². The number of carbonyl (C=O) groups excluding carboxylic acids is 1. The Hall–Kier alpha value is -3.15. The number of imide groups is 1. The van der Waals surface area contributed by atoms with Crippen LogP contribution in [0.25, 0.3) is 0 Å². The van der Waals surface area contributed by atoms with E-state index in [0.29, 0.717) is 10.5 Å². The van der Waals surface area contributed by atoms with Crippen molar-refractivity contribution in [3.05, 3.63) is 71.8 Å². The third kappa shape index (κ3) is 3.94. The van der Waals surface area contributed by atoms with Gasteiger partial charge in [-0.15, -0.1) is 0 Å². The maximum Gasteiger partial charge on any atom is 0.415 e. The number of nitrogens with zero attached hydrogens (tertiary/aromatic N) is 1. The highest BCUT2D eigenvalue weighted by molar-refractivity contribution is 6.05. The van der Waals surface area contributed by atoms with Crippen molar-refractivity contribution in [3.63, 3.8) is 0 Å². The normalized spacial score (nSPS) is 11.5. The second-order valence-electron chi connectivity index (χ2n) is 4.87. The number of carbonyl (C=O) groups is 3. The van der Waals surface area contributed by atoms with Gasteiger partial charge in [-0.05, 0) is 17.7 Å². The molecule has 0 saturated carbocycles. The van der Waals surface area contributed by atoms with Crippen LogP contribution in [-0.2, 0) is 11.2 Å². The van der Waals surface area contributed by atoms with E-state index in [9.17, 15) is 24.6 Å². The molecule has 0 bridgehead atoms. The molecule has 118 valence electrons. The van der Waals surface area contributed by atoms with E-state index >= 15 is 0 Å². The Labute approximate surface area is 132 Å². The Morgan fingerprint density at radius 1 is 0.870 bits per heavy atom. The van der Waals surface area contributed by atoms with Crippen molar-refractivity contribution in [1.82, 2.24) is 4.90 Å². The molecule has 0 spiro atoms. The average Bonchev–Trinajstić information content (AvgIpc) is 2.55. The number of hydrogen-bond acceptors (Lipinski definition) is 3. The smallest absolute Gasteiger partial charge is 0.415 e. The number of hydrogen-bond donors (Lipinski definition) is 2. The maximum absolute atomic E-state index is 12.4. The molecular weight excluding hydrogens is 298 g/mol. The fraction of sp³-hybridized carbons (Fsp3) is 0.118. The first-order valence-electron chi connectivity index (χ1n) is 6.89. The molecule has 0 aliphatic heterocycles. The van der Waals surface area contributed by atoms with Gasteiger partial charge in [-0.25, -0.2) is 14.5 Å². The van der Waals surface area contributed by atoms with Crippen LogP contribution in [0.3, 0.4) is 0 Å². The van der Waals surface area contributed by atoms with Gasteiger partial charge in [-0.1, -0.05) is 48.5 Å². The minimum Gasteiger partial charge on any atom is -0.480 e. The van der Waals surface area contributed by atoms with Crippen LogP contribution in [0.1, 0.15) is 15.9 Å². The van der Waals surface area contributed by atoms with Crippen LogP contribution in [0, 0.1) is 0 Å². The van der Waals surface area contributed by atoms with Gasteiger partial charge in [0.05, 0.1) is 0 Å². The summed E-state index contributed by atoms with van der Waals surface area (Å²) in [6.07, 6.45) is -1.69. The van der Waals surface area contributed by atoms with Gasteiger partial charge in [0.25, 0.3) is 5.91 Å². The zero-order valence-corrected chi connectivity index (χ0v) is 12.1. The molecule has 0 fully saturated rings. The summed E-state index contributed by atoms with van der Waals surface area (Å²) >= 11 is 0. The summed E-state index contributed by atoms with van der Waals surface area (Å²) in [4.78, 5) is 35.8. The van der Waals surface area contributed by atoms with E-state index in [1.807, 2.05) is 0 Å². The van der Waals surface area contributed by atoms with Gasteiger partial charge >= 0.3 is 12.1 Å². The monoisotopic (exact) mass is 313 g/mol. The summed E-state index contributed by atoms with van der Waals surface area (Å²) in [5, 5.41) is 18.7. The quantitative estimate of drug-likeness (QED) is 0.884. The first-order chi connectivity index (χ1) is 11.0. The van der Waals surface area contributed by atoms with Gasteiger partial charge in [0, 0.05) is 12.0 Å². The Morgan fingerprint density at radius 2 is 1.39 bits per heavy atom. The molecule has 2 aromatic rings. The predicted octanol–water partition coefficient (Wildman–Crippen LogP) is 2.50. The molecule has 1 atom stereocenters. The van der Waals surface area contributed by atoms with E-state index in [4.69, 9.17) is 0 Å². The van der Waals surface area contributed by atoms with Crippen molar-refractivity contribution in [3.8, 4) is 0 Å². The molecule has 2 N–H and O–H groups in total. The second kappa shape index (κ2) is 7.22. The highest BCUT2D eigenvalue weighted by atomic mass is 16.4. The lowest BCUT2D eigenvalue weighted by atomic mass is 10.0. The molecule has 2 amide bonds. The summed E-state index contributed by atoms with van der Waals surface area (Å²) < 4.78 is 0. The topological polar surface area (TPSA) is 94.9 Å². The van der Waals surface area contributed by atoms with Crippen molar-refractivity contribution in [2.75, 3.05) is 0 Å². The van der Waals surface area contributed by atoms with Crippen LogP contribution in [-0.4, -0.2) is 39.1 Å². The summed E-state index contributed by atoms with van der Waals surface area (Å²) in [6.45, 7) is 0. The van der Waals surface area contributed by atoms with E-state index in [-0.39, 0.29) is 12.0 Å². The first kappa shape index (κ1) is 16.2. The fourth-order valence-electron chi connectivity index (χ4n) is 2.21. The van der Waals surface area contributed by atoms with Gasteiger partial charge in [0.1, 0.15) is 6.04 Å². The van der Waals surface area contributed by atoms with Crippen molar-refractivity contribution >= 4 is 18.0 Å². The van der Waals surface area contributed by atoms with Gasteiger partial charge < -0.3 is 10.2 Å². The SMILES string of the molecule is O=C(O)[C@@H](Cc1ccccc1)N(C(=O)O)C(=O)c1ccccc1. The molecule has 6 heteroatoms. The molecule has 0 aromatic heterocycles. The minimum atomic E-state index is -1.60. The third-order valence-electron chi connectivity index (χ3n) is 3.31. The molecule has 23 heavy (non-hydrogen) atoms. The zero-order chi connectivity index (χ0) is 16.8. The van der Waals surface area contributed by atoms with Crippen LogP contribution in [0.2, 0.25) is 0 Å². The van der Waals surface area contributed by atoms with Crippen molar-refractivity contribution in [1.29, 1.82) is 0 Å². The second-order valence-corrected chi connectivity index (χ2v) is 4.87. The lowest BCUT2D eigenvalue weighted by Crippen LogP contribution is -2.49. The van der Waals surface area contributed by atoms with Crippen LogP contribution in [0.5, 0.6) is 0 Å². The number of benzene rings is 2. The number of carboxylic acids is 1. The molecular formula is C17H15NO5. The largest absolute Gasteiger partial charge is 0.480 e. The van der Waals surface area contributed by atoms with E-state index < -0.39 is 24.0 Å².